The minimum Gasteiger partial charge on any atom is -0.336 e. The number of pyridine rings is 1. The van der Waals surface area contributed by atoms with Gasteiger partial charge in [0.05, 0.1) is 11.5 Å². The van der Waals surface area contributed by atoms with Gasteiger partial charge in [-0.1, -0.05) is 5.92 Å². The molecule has 1 amide bonds. The number of fused-ring (bicyclic) bond motifs is 1. The molecule has 0 bridgehead atoms. The molecule has 0 spiro atoms. The lowest BCUT2D eigenvalue weighted by atomic mass is 10.00. The Hall–Kier alpha value is -2.42. The summed E-state index contributed by atoms with van der Waals surface area (Å²) in [4.78, 5) is 17.9. The van der Waals surface area contributed by atoms with Crippen molar-refractivity contribution in [3.8, 4) is 12.3 Å². The van der Waals surface area contributed by atoms with Gasteiger partial charge in [-0.2, -0.15) is 10.3 Å². The summed E-state index contributed by atoms with van der Waals surface area (Å²) < 4.78 is 0. The van der Waals surface area contributed by atoms with Crippen molar-refractivity contribution >= 4 is 17.1 Å². The Bertz CT molecular complexity index is 620. The van der Waals surface area contributed by atoms with Crippen LogP contribution >= 0.6 is 0 Å². The first-order valence-corrected chi connectivity index (χ1v) is 5.20. The number of carbonyl (C=O) groups excluding carboxylic acids is 1. The highest BCUT2D eigenvalue weighted by atomic mass is 16.2. The molecule has 0 radical (unpaired) electrons. The Kier molecular flexibility index (Phi) is 2.05. The Morgan fingerprint density at radius 1 is 1.53 bits per heavy atom. The summed E-state index contributed by atoms with van der Waals surface area (Å²) in [5.74, 6) is 2.73. The summed E-state index contributed by atoms with van der Waals surface area (Å²) in [5, 5.41) is 10.2. The highest BCUT2D eigenvalue weighted by molar-refractivity contribution is 6.04. The molecule has 3 rings (SSSR count). The van der Waals surface area contributed by atoms with Crippen LogP contribution in [0, 0.1) is 18.3 Å². The van der Waals surface area contributed by atoms with Gasteiger partial charge in [0, 0.05) is 19.3 Å². The average Bonchev–Trinajstić information content (AvgIpc) is 2.74. The second-order valence-electron chi connectivity index (χ2n) is 3.93. The maximum absolute atomic E-state index is 12.1. The van der Waals surface area contributed by atoms with Gasteiger partial charge in [0.15, 0.2) is 0 Å². The van der Waals surface area contributed by atoms with Gasteiger partial charge < -0.3 is 4.90 Å². The van der Waals surface area contributed by atoms with Gasteiger partial charge in [-0.25, -0.2) is 4.98 Å². The van der Waals surface area contributed by atoms with Crippen LogP contribution in [0.15, 0.2) is 12.3 Å². The molecule has 0 saturated carbocycles. The molecule has 1 aliphatic heterocycles. The normalized spacial score (nSPS) is 15.6. The predicted octanol–water partition coefficient (Wildman–Crippen LogP) is 0.0581. The first-order chi connectivity index (χ1) is 8.29. The minimum absolute atomic E-state index is 0.0715. The fourth-order valence-electron chi connectivity index (χ4n) is 1.85. The number of nitrogens with zero attached hydrogens (tertiary/aromatic N) is 4. The van der Waals surface area contributed by atoms with Crippen LogP contribution in [-0.4, -0.2) is 44.3 Å². The zero-order valence-corrected chi connectivity index (χ0v) is 8.92. The molecule has 0 aromatic carbocycles. The average molecular weight is 227 g/mol. The Morgan fingerprint density at radius 3 is 3.12 bits per heavy atom. The molecule has 0 unspecified atom stereocenters. The molecule has 1 N–H and O–H groups in total. The third kappa shape index (κ3) is 1.44. The van der Waals surface area contributed by atoms with Gasteiger partial charge in [-0.3, -0.25) is 4.79 Å². The number of carbonyl (C=O) groups is 1. The molecule has 6 heteroatoms. The van der Waals surface area contributed by atoms with Crippen molar-refractivity contribution in [3.63, 3.8) is 0 Å². The highest BCUT2D eigenvalue weighted by Crippen LogP contribution is 2.20. The zero-order chi connectivity index (χ0) is 11.8. The van der Waals surface area contributed by atoms with Crippen LogP contribution in [-0.2, 0) is 0 Å². The van der Waals surface area contributed by atoms with Crippen molar-refractivity contribution in [1.82, 2.24) is 25.3 Å². The summed E-state index contributed by atoms with van der Waals surface area (Å²) in [5.41, 5.74) is 1.46. The fraction of sp³-hybridized carbons (Fsp3) is 0.273. The Morgan fingerprint density at radius 2 is 2.35 bits per heavy atom. The van der Waals surface area contributed by atoms with E-state index in [1.54, 1.807) is 17.2 Å². The Balaban J connectivity index is 1.92. The van der Waals surface area contributed by atoms with E-state index in [9.17, 15) is 4.79 Å². The van der Waals surface area contributed by atoms with Crippen LogP contribution in [0.3, 0.4) is 0 Å². The van der Waals surface area contributed by atoms with Gasteiger partial charge in [0.25, 0.3) is 5.91 Å². The van der Waals surface area contributed by atoms with E-state index in [1.807, 2.05) is 0 Å². The van der Waals surface area contributed by atoms with E-state index < -0.39 is 0 Å². The second-order valence-corrected chi connectivity index (χ2v) is 3.93. The maximum atomic E-state index is 12.1. The second kappa shape index (κ2) is 3.56. The molecular weight excluding hydrogens is 218 g/mol. The van der Waals surface area contributed by atoms with Crippen LogP contribution in [0.4, 0.5) is 0 Å². The van der Waals surface area contributed by atoms with Crippen molar-refractivity contribution in [2.75, 3.05) is 13.1 Å². The van der Waals surface area contributed by atoms with Crippen LogP contribution in [0.1, 0.15) is 10.4 Å². The third-order valence-corrected chi connectivity index (χ3v) is 2.86. The monoisotopic (exact) mass is 227 g/mol. The molecule has 17 heavy (non-hydrogen) atoms. The van der Waals surface area contributed by atoms with Crippen molar-refractivity contribution in [1.29, 1.82) is 0 Å². The first kappa shape index (κ1) is 9.78. The number of hydrogen-bond donors (Lipinski definition) is 1. The summed E-state index contributed by atoms with van der Waals surface area (Å²) in [7, 11) is 0. The number of rotatable bonds is 1. The van der Waals surface area contributed by atoms with Crippen molar-refractivity contribution in [3.05, 3.63) is 17.8 Å². The standard InChI is InChI=1S/C11H9N5O/c1-2-7-5-16(6-7)11(17)8-3-4-12-10-9(8)13-15-14-10/h1,3-4,7H,5-6H2,(H,12,13,14,15). The van der Waals surface area contributed by atoms with E-state index in [4.69, 9.17) is 6.42 Å². The quantitative estimate of drug-likeness (QED) is 0.699. The molecule has 0 atom stereocenters. The van der Waals surface area contributed by atoms with Crippen LogP contribution in [0.2, 0.25) is 0 Å². The van der Waals surface area contributed by atoms with E-state index in [2.05, 4.69) is 26.3 Å². The molecule has 0 aliphatic carbocycles. The van der Waals surface area contributed by atoms with E-state index >= 15 is 0 Å². The van der Waals surface area contributed by atoms with Crippen molar-refractivity contribution in [2.45, 2.75) is 0 Å². The molecule has 1 fully saturated rings. The molecule has 1 aliphatic rings. The maximum Gasteiger partial charge on any atom is 0.256 e. The molecule has 2 aromatic rings. The van der Waals surface area contributed by atoms with Crippen molar-refractivity contribution in [2.24, 2.45) is 5.92 Å². The van der Waals surface area contributed by atoms with Crippen LogP contribution in [0.5, 0.6) is 0 Å². The van der Waals surface area contributed by atoms with Crippen LogP contribution in [0.25, 0.3) is 11.2 Å². The van der Waals surface area contributed by atoms with Gasteiger partial charge in [-0.05, 0) is 6.07 Å². The molecule has 84 valence electrons. The smallest absolute Gasteiger partial charge is 0.256 e. The molecule has 6 nitrogen and oxygen atoms in total. The van der Waals surface area contributed by atoms with E-state index in [0.29, 0.717) is 29.8 Å². The van der Waals surface area contributed by atoms with Crippen LogP contribution < -0.4 is 0 Å². The van der Waals surface area contributed by atoms with Gasteiger partial charge in [0.1, 0.15) is 5.52 Å². The SMILES string of the molecule is C#CC1CN(C(=O)c2ccnc3n[nH]nc23)C1. The highest BCUT2D eigenvalue weighted by Gasteiger charge is 2.31. The number of aromatic amines is 1. The third-order valence-electron chi connectivity index (χ3n) is 2.86. The number of hydrogen-bond acceptors (Lipinski definition) is 4. The number of amides is 1. The molecular formula is C11H9N5O. The number of likely N-dealkylation sites (tertiary alicyclic amines) is 1. The first-order valence-electron chi connectivity index (χ1n) is 5.20. The summed E-state index contributed by atoms with van der Waals surface area (Å²) in [6.45, 7) is 1.22. The fourth-order valence-corrected chi connectivity index (χ4v) is 1.85. The topological polar surface area (TPSA) is 74.8 Å². The summed E-state index contributed by atoms with van der Waals surface area (Å²) in [6.07, 6.45) is 6.84. The number of H-pyrrole nitrogens is 1. The van der Waals surface area contributed by atoms with E-state index in [1.165, 1.54) is 0 Å². The van der Waals surface area contributed by atoms with Crippen molar-refractivity contribution < 1.29 is 4.79 Å². The van der Waals surface area contributed by atoms with E-state index in [-0.39, 0.29) is 11.8 Å². The van der Waals surface area contributed by atoms with Gasteiger partial charge in [-0.15, -0.1) is 11.5 Å². The number of aromatic nitrogens is 4. The molecule has 3 heterocycles. The number of nitrogens with one attached hydrogen (secondary N) is 1. The van der Waals surface area contributed by atoms with Gasteiger partial charge in [0.2, 0.25) is 5.65 Å². The summed E-state index contributed by atoms with van der Waals surface area (Å²) in [6, 6.07) is 1.65. The van der Waals surface area contributed by atoms with Gasteiger partial charge >= 0.3 is 0 Å². The van der Waals surface area contributed by atoms with E-state index in [0.717, 1.165) is 0 Å². The largest absolute Gasteiger partial charge is 0.336 e. The Labute approximate surface area is 97.0 Å². The summed E-state index contributed by atoms with van der Waals surface area (Å²) >= 11 is 0. The zero-order valence-electron chi connectivity index (χ0n) is 8.92. The number of terminal acetylenes is 1. The molecule has 2 aromatic heterocycles. The predicted molar refractivity (Wildman–Crippen MR) is 59.9 cm³/mol. The molecule has 1 saturated heterocycles. The lowest BCUT2D eigenvalue weighted by molar-refractivity contribution is 0.0581. The minimum atomic E-state index is -0.0715. The lowest BCUT2D eigenvalue weighted by Gasteiger charge is -2.36. The lowest BCUT2D eigenvalue weighted by Crippen LogP contribution is -2.49.